The molecule has 0 aliphatic heterocycles. The largest absolute Gasteiger partial charge is 0.505 e. The zero-order valence-electron chi connectivity index (χ0n) is 10.2. The Morgan fingerprint density at radius 1 is 1.30 bits per heavy atom. The van der Waals surface area contributed by atoms with Gasteiger partial charge in [-0.3, -0.25) is 0 Å². The highest BCUT2D eigenvalue weighted by molar-refractivity contribution is 6.58. The molecule has 0 bridgehead atoms. The van der Waals surface area contributed by atoms with Crippen molar-refractivity contribution in [3.05, 3.63) is 29.3 Å². The normalized spacial score (nSPS) is 11.7. The van der Waals surface area contributed by atoms with E-state index in [1.165, 1.54) is 0 Å². The molecule has 106 valence electrons. The number of aromatic amines is 1. The molecule has 1 aromatic carbocycles. The standard InChI is InChI=1S/C11H9BF3NO4/c1-20-10(17)7-4-6(11(13,14)15)2-5-3-8(12(18)19)16-9(5)7/h2-4,16,18-19H,1H3. The number of carbonyl (C=O) groups is 1. The number of benzene rings is 1. The number of halogens is 3. The Hall–Kier alpha value is -2.00. The molecule has 0 radical (unpaired) electrons. The van der Waals surface area contributed by atoms with E-state index < -0.39 is 24.8 Å². The van der Waals surface area contributed by atoms with Gasteiger partial charge in [0.25, 0.3) is 0 Å². The lowest BCUT2D eigenvalue weighted by Gasteiger charge is -2.09. The first kappa shape index (κ1) is 14.4. The van der Waals surface area contributed by atoms with Gasteiger partial charge in [0.05, 0.1) is 23.8 Å². The van der Waals surface area contributed by atoms with Gasteiger partial charge in [-0.1, -0.05) is 0 Å². The van der Waals surface area contributed by atoms with Crippen LogP contribution in [0.1, 0.15) is 15.9 Å². The second-order valence-corrected chi connectivity index (χ2v) is 4.08. The van der Waals surface area contributed by atoms with E-state index in [0.29, 0.717) is 6.07 Å². The second-order valence-electron chi connectivity index (χ2n) is 4.08. The fourth-order valence-electron chi connectivity index (χ4n) is 1.84. The van der Waals surface area contributed by atoms with Crippen molar-refractivity contribution in [2.45, 2.75) is 6.18 Å². The highest BCUT2D eigenvalue weighted by atomic mass is 19.4. The highest BCUT2D eigenvalue weighted by Gasteiger charge is 2.33. The van der Waals surface area contributed by atoms with Crippen LogP contribution in [0.15, 0.2) is 18.2 Å². The second kappa shape index (κ2) is 4.84. The van der Waals surface area contributed by atoms with E-state index in [-0.39, 0.29) is 22.1 Å². The number of aromatic nitrogens is 1. The average molecular weight is 287 g/mol. The van der Waals surface area contributed by atoms with Crippen molar-refractivity contribution in [2.75, 3.05) is 7.11 Å². The summed E-state index contributed by atoms with van der Waals surface area (Å²) in [6.07, 6.45) is -4.63. The molecular formula is C11H9BF3NO4. The maximum atomic E-state index is 12.8. The van der Waals surface area contributed by atoms with Crippen LogP contribution in [-0.2, 0) is 10.9 Å². The van der Waals surface area contributed by atoms with Crippen molar-refractivity contribution in [3.63, 3.8) is 0 Å². The summed E-state index contributed by atoms with van der Waals surface area (Å²) >= 11 is 0. The number of esters is 1. The van der Waals surface area contributed by atoms with Crippen molar-refractivity contribution in [3.8, 4) is 0 Å². The van der Waals surface area contributed by atoms with E-state index in [4.69, 9.17) is 10.0 Å². The lowest BCUT2D eigenvalue weighted by Crippen LogP contribution is -2.30. The topological polar surface area (TPSA) is 82.6 Å². The number of ether oxygens (including phenoxy) is 1. The summed E-state index contributed by atoms with van der Waals surface area (Å²) in [6.45, 7) is 0. The van der Waals surface area contributed by atoms with Crippen molar-refractivity contribution < 1.29 is 32.8 Å². The fraction of sp³-hybridized carbons (Fsp3) is 0.182. The van der Waals surface area contributed by atoms with E-state index in [0.717, 1.165) is 19.2 Å². The summed E-state index contributed by atoms with van der Waals surface area (Å²) in [5, 5.41) is 18.1. The smallest absolute Gasteiger partial charge is 0.465 e. The summed E-state index contributed by atoms with van der Waals surface area (Å²) in [4.78, 5) is 14.0. The Bertz CT molecular complexity index is 665. The predicted molar refractivity (Wildman–Crippen MR) is 64.5 cm³/mol. The van der Waals surface area contributed by atoms with Crippen LogP contribution in [0.2, 0.25) is 0 Å². The minimum absolute atomic E-state index is 0.0309. The molecule has 0 atom stereocenters. The molecular weight excluding hydrogens is 278 g/mol. The minimum atomic E-state index is -4.63. The van der Waals surface area contributed by atoms with Gasteiger partial charge in [-0.05, 0) is 18.2 Å². The van der Waals surface area contributed by atoms with Gasteiger partial charge in [0.2, 0.25) is 0 Å². The van der Waals surface area contributed by atoms with Crippen LogP contribution in [0.4, 0.5) is 13.2 Å². The third-order valence-electron chi connectivity index (χ3n) is 2.76. The summed E-state index contributed by atoms with van der Waals surface area (Å²) in [7, 11) is -0.846. The molecule has 2 aromatic rings. The maximum absolute atomic E-state index is 12.8. The van der Waals surface area contributed by atoms with Crippen molar-refractivity contribution >= 4 is 29.6 Å². The van der Waals surface area contributed by atoms with E-state index in [9.17, 15) is 18.0 Å². The Kier molecular flexibility index (Phi) is 3.49. The molecule has 0 spiro atoms. The van der Waals surface area contributed by atoms with Gasteiger partial charge >= 0.3 is 19.3 Å². The number of hydrogen-bond donors (Lipinski definition) is 3. The van der Waals surface area contributed by atoms with Crippen LogP contribution < -0.4 is 5.59 Å². The molecule has 0 amide bonds. The predicted octanol–water partition coefficient (Wildman–Crippen LogP) is 0.653. The number of carbonyl (C=O) groups excluding carboxylic acids is 1. The van der Waals surface area contributed by atoms with E-state index in [1.807, 2.05) is 0 Å². The van der Waals surface area contributed by atoms with Gasteiger partial charge in [0, 0.05) is 11.0 Å². The Morgan fingerprint density at radius 2 is 1.95 bits per heavy atom. The number of fused-ring (bicyclic) bond motifs is 1. The molecule has 9 heteroatoms. The lowest BCUT2D eigenvalue weighted by molar-refractivity contribution is -0.137. The number of H-pyrrole nitrogens is 1. The quantitative estimate of drug-likeness (QED) is 0.559. The molecule has 5 nitrogen and oxygen atoms in total. The molecule has 1 aromatic heterocycles. The van der Waals surface area contributed by atoms with Crippen molar-refractivity contribution in [1.82, 2.24) is 4.98 Å². The number of nitrogens with one attached hydrogen (secondary N) is 1. The first-order chi connectivity index (χ1) is 9.24. The van der Waals surface area contributed by atoms with Crippen LogP contribution in [0, 0.1) is 0 Å². The average Bonchev–Trinajstić information content (AvgIpc) is 2.79. The highest BCUT2D eigenvalue weighted by Crippen LogP contribution is 2.33. The first-order valence-electron chi connectivity index (χ1n) is 5.42. The summed E-state index contributed by atoms with van der Waals surface area (Å²) in [5.41, 5.74) is -1.43. The van der Waals surface area contributed by atoms with Crippen molar-refractivity contribution in [1.29, 1.82) is 0 Å². The first-order valence-corrected chi connectivity index (χ1v) is 5.42. The molecule has 2 rings (SSSR count). The van der Waals surface area contributed by atoms with Gasteiger partial charge < -0.3 is 19.8 Å². The van der Waals surface area contributed by atoms with E-state index >= 15 is 0 Å². The molecule has 0 saturated carbocycles. The van der Waals surface area contributed by atoms with Gasteiger partial charge in [-0.15, -0.1) is 0 Å². The molecule has 1 heterocycles. The summed E-state index contributed by atoms with van der Waals surface area (Å²) in [6, 6.07) is 2.59. The van der Waals surface area contributed by atoms with Gasteiger partial charge in [-0.25, -0.2) is 4.79 Å². The van der Waals surface area contributed by atoms with Crippen LogP contribution >= 0.6 is 0 Å². The summed E-state index contributed by atoms with van der Waals surface area (Å²) in [5.74, 6) is -0.957. The summed E-state index contributed by atoms with van der Waals surface area (Å²) < 4.78 is 42.7. The number of rotatable bonds is 2. The molecule has 20 heavy (non-hydrogen) atoms. The SMILES string of the molecule is COC(=O)c1cc(C(F)(F)F)cc2cc(B(O)O)[nH]c12. The Morgan fingerprint density at radius 3 is 2.45 bits per heavy atom. The van der Waals surface area contributed by atoms with E-state index in [1.54, 1.807) is 0 Å². The van der Waals surface area contributed by atoms with Gasteiger partial charge in [-0.2, -0.15) is 13.2 Å². The fourth-order valence-corrected chi connectivity index (χ4v) is 1.84. The lowest BCUT2D eigenvalue weighted by atomic mass is 9.86. The zero-order chi connectivity index (χ0) is 15.1. The van der Waals surface area contributed by atoms with Crippen LogP contribution in [0.5, 0.6) is 0 Å². The number of alkyl halides is 3. The van der Waals surface area contributed by atoms with Crippen LogP contribution in [0.25, 0.3) is 10.9 Å². The third kappa shape index (κ3) is 2.49. The van der Waals surface area contributed by atoms with Crippen LogP contribution in [-0.4, -0.2) is 35.2 Å². The number of hydrogen-bond acceptors (Lipinski definition) is 4. The van der Waals surface area contributed by atoms with Crippen molar-refractivity contribution in [2.24, 2.45) is 0 Å². The number of methoxy groups -OCH3 is 1. The van der Waals surface area contributed by atoms with Gasteiger partial charge in [0.15, 0.2) is 0 Å². The molecule has 3 N–H and O–H groups in total. The maximum Gasteiger partial charge on any atom is 0.505 e. The molecule has 0 aliphatic carbocycles. The Labute approximate surface area is 111 Å². The zero-order valence-corrected chi connectivity index (χ0v) is 10.2. The third-order valence-corrected chi connectivity index (χ3v) is 2.76. The monoisotopic (exact) mass is 287 g/mol. The minimum Gasteiger partial charge on any atom is -0.465 e. The van der Waals surface area contributed by atoms with E-state index in [2.05, 4.69) is 9.72 Å². The van der Waals surface area contributed by atoms with Crippen LogP contribution in [0.3, 0.4) is 0 Å². The Balaban J connectivity index is 2.75. The molecule has 0 aliphatic rings. The molecule has 0 saturated heterocycles. The molecule has 0 unspecified atom stereocenters. The van der Waals surface area contributed by atoms with Gasteiger partial charge in [0.1, 0.15) is 0 Å². The molecule has 0 fully saturated rings.